The second-order valence-corrected chi connectivity index (χ2v) is 7.94. The van der Waals surface area contributed by atoms with Crippen molar-refractivity contribution in [2.24, 2.45) is 5.92 Å². The summed E-state index contributed by atoms with van der Waals surface area (Å²) in [6.45, 7) is 7.24. The molecule has 2 aromatic rings. The first-order chi connectivity index (χ1) is 13.2. The Balaban J connectivity index is 1.39. The molecule has 2 aliphatic heterocycles. The van der Waals surface area contributed by atoms with E-state index < -0.39 is 0 Å². The molecule has 0 aliphatic carbocycles. The van der Waals surface area contributed by atoms with Gasteiger partial charge in [-0.2, -0.15) is 4.98 Å². The predicted molar refractivity (Wildman–Crippen MR) is 106 cm³/mol. The molecule has 7 nitrogen and oxygen atoms in total. The average molecular weight is 371 g/mol. The molecule has 7 heteroatoms. The highest BCUT2D eigenvalue weighted by atomic mass is 16.5. The van der Waals surface area contributed by atoms with E-state index in [1.165, 1.54) is 0 Å². The fourth-order valence-electron chi connectivity index (χ4n) is 4.23. The molecular formula is C20H30N6O. The van der Waals surface area contributed by atoms with Crippen LogP contribution in [0.5, 0.6) is 0 Å². The smallest absolute Gasteiger partial charge is 0.227 e. The minimum atomic E-state index is 0.239. The van der Waals surface area contributed by atoms with Crippen LogP contribution >= 0.6 is 0 Å². The number of rotatable bonds is 5. The van der Waals surface area contributed by atoms with Crippen molar-refractivity contribution < 1.29 is 4.74 Å². The third-order valence-electron chi connectivity index (χ3n) is 5.69. The quantitative estimate of drug-likeness (QED) is 0.872. The Bertz CT molecular complexity index is 711. The molecule has 2 fully saturated rings. The maximum atomic E-state index is 5.99. The Morgan fingerprint density at radius 2 is 2.04 bits per heavy atom. The van der Waals surface area contributed by atoms with Gasteiger partial charge in [-0.1, -0.05) is 13.8 Å². The van der Waals surface area contributed by atoms with Gasteiger partial charge in [0.05, 0.1) is 18.5 Å². The lowest BCUT2D eigenvalue weighted by Crippen LogP contribution is -2.43. The topological polar surface area (TPSA) is 68.1 Å². The van der Waals surface area contributed by atoms with Crippen molar-refractivity contribution in [1.29, 1.82) is 0 Å². The molecule has 0 aromatic carbocycles. The van der Waals surface area contributed by atoms with Crippen LogP contribution < -0.4 is 10.2 Å². The summed E-state index contributed by atoms with van der Waals surface area (Å²) in [5.41, 5.74) is 0. The van der Waals surface area contributed by atoms with Crippen molar-refractivity contribution in [1.82, 2.24) is 19.5 Å². The van der Waals surface area contributed by atoms with Crippen LogP contribution in [0, 0.1) is 5.92 Å². The van der Waals surface area contributed by atoms with E-state index in [-0.39, 0.29) is 6.10 Å². The van der Waals surface area contributed by atoms with Gasteiger partial charge < -0.3 is 19.5 Å². The van der Waals surface area contributed by atoms with Crippen molar-refractivity contribution in [3.63, 3.8) is 0 Å². The van der Waals surface area contributed by atoms with Crippen LogP contribution in [-0.4, -0.2) is 51.4 Å². The average Bonchev–Trinajstić information content (AvgIpc) is 3.23. The normalized spacial score (nSPS) is 24.3. The molecule has 27 heavy (non-hydrogen) atoms. The molecule has 2 unspecified atom stereocenters. The zero-order valence-electron chi connectivity index (χ0n) is 16.3. The van der Waals surface area contributed by atoms with Gasteiger partial charge in [-0.15, -0.1) is 0 Å². The van der Waals surface area contributed by atoms with E-state index in [9.17, 15) is 0 Å². The first-order valence-electron chi connectivity index (χ1n) is 10.1. The number of imidazole rings is 1. The molecule has 0 radical (unpaired) electrons. The Morgan fingerprint density at radius 1 is 1.19 bits per heavy atom. The van der Waals surface area contributed by atoms with Gasteiger partial charge in [-0.25, -0.2) is 9.97 Å². The Hall–Kier alpha value is -2.15. The Morgan fingerprint density at radius 3 is 2.78 bits per heavy atom. The van der Waals surface area contributed by atoms with Crippen LogP contribution in [0.25, 0.3) is 0 Å². The van der Waals surface area contributed by atoms with Gasteiger partial charge in [0, 0.05) is 44.3 Å². The molecule has 1 N–H and O–H groups in total. The first-order valence-corrected chi connectivity index (χ1v) is 10.1. The summed E-state index contributed by atoms with van der Waals surface area (Å²) in [5, 5.41) is 3.61. The largest absolute Gasteiger partial charge is 0.376 e. The SMILES string of the molecule is CC(C)C1OCCCC1Nc1ccnc(N2CCC(n3ccnc3)CC2)n1. The molecule has 4 rings (SSSR count). The van der Waals surface area contributed by atoms with Gasteiger partial charge in [0.2, 0.25) is 5.95 Å². The molecule has 0 amide bonds. The summed E-state index contributed by atoms with van der Waals surface area (Å²) in [6.07, 6.45) is 12.3. The molecule has 0 saturated carbocycles. The maximum absolute atomic E-state index is 5.99. The first kappa shape index (κ1) is 18.2. The van der Waals surface area contributed by atoms with E-state index in [0.717, 1.165) is 57.1 Å². The van der Waals surface area contributed by atoms with Crippen molar-refractivity contribution >= 4 is 11.8 Å². The van der Waals surface area contributed by atoms with Crippen molar-refractivity contribution in [3.05, 3.63) is 31.0 Å². The molecule has 0 spiro atoms. The summed E-state index contributed by atoms with van der Waals surface area (Å²) >= 11 is 0. The summed E-state index contributed by atoms with van der Waals surface area (Å²) in [6, 6.07) is 2.80. The molecule has 0 bridgehead atoms. The lowest BCUT2D eigenvalue weighted by molar-refractivity contribution is -0.0203. The van der Waals surface area contributed by atoms with E-state index in [4.69, 9.17) is 9.72 Å². The van der Waals surface area contributed by atoms with Crippen molar-refractivity contribution in [2.75, 3.05) is 29.9 Å². The number of anilines is 2. The third-order valence-corrected chi connectivity index (χ3v) is 5.69. The van der Waals surface area contributed by atoms with E-state index in [1.807, 2.05) is 24.8 Å². The minimum Gasteiger partial charge on any atom is -0.376 e. The maximum Gasteiger partial charge on any atom is 0.227 e. The summed E-state index contributed by atoms with van der Waals surface area (Å²) in [4.78, 5) is 15.8. The number of nitrogens with zero attached hydrogens (tertiary/aromatic N) is 5. The van der Waals surface area contributed by atoms with Gasteiger partial charge in [0.1, 0.15) is 5.82 Å². The van der Waals surface area contributed by atoms with Crippen LogP contribution in [0.2, 0.25) is 0 Å². The Labute approximate surface area is 161 Å². The number of hydrogen-bond acceptors (Lipinski definition) is 6. The van der Waals surface area contributed by atoms with Crippen LogP contribution in [0.1, 0.15) is 45.6 Å². The molecule has 2 saturated heterocycles. The fourth-order valence-corrected chi connectivity index (χ4v) is 4.23. The van der Waals surface area contributed by atoms with Gasteiger partial charge in [-0.3, -0.25) is 0 Å². The second-order valence-electron chi connectivity index (χ2n) is 7.94. The number of aromatic nitrogens is 4. The lowest BCUT2D eigenvalue weighted by Gasteiger charge is -2.35. The van der Waals surface area contributed by atoms with Crippen LogP contribution in [0.4, 0.5) is 11.8 Å². The van der Waals surface area contributed by atoms with E-state index in [1.54, 1.807) is 0 Å². The van der Waals surface area contributed by atoms with Gasteiger partial charge in [0.15, 0.2) is 0 Å². The third kappa shape index (κ3) is 4.24. The number of nitrogens with one attached hydrogen (secondary N) is 1. The van der Waals surface area contributed by atoms with Gasteiger partial charge >= 0.3 is 0 Å². The molecule has 2 aliphatic rings. The number of hydrogen-bond donors (Lipinski definition) is 1. The molecular weight excluding hydrogens is 340 g/mol. The highest BCUT2D eigenvalue weighted by molar-refractivity contribution is 5.42. The molecule has 4 heterocycles. The van der Waals surface area contributed by atoms with Crippen molar-refractivity contribution in [3.8, 4) is 0 Å². The molecule has 2 atom stereocenters. The highest BCUT2D eigenvalue weighted by Crippen LogP contribution is 2.26. The molecule has 2 aromatic heterocycles. The van der Waals surface area contributed by atoms with E-state index >= 15 is 0 Å². The monoisotopic (exact) mass is 370 g/mol. The Kier molecular flexibility index (Phi) is 5.57. The van der Waals surface area contributed by atoms with Gasteiger partial charge in [0.25, 0.3) is 0 Å². The summed E-state index contributed by atoms with van der Waals surface area (Å²) < 4.78 is 8.21. The number of piperidine rings is 1. The zero-order chi connectivity index (χ0) is 18.6. The summed E-state index contributed by atoms with van der Waals surface area (Å²) in [5.74, 6) is 2.21. The minimum absolute atomic E-state index is 0.239. The predicted octanol–water partition coefficient (Wildman–Crippen LogP) is 3.13. The van der Waals surface area contributed by atoms with E-state index in [0.29, 0.717) is 18.0 Å². The second kappa shape index (κ2) is 8.25. The van der Waals surface area contributed by atoms with Gasteiger partial charge in [-0.05, 0) is 37.7 Å². The lowest BCUT2D eigenvalue weighted by atomic mass is 9.94. The summed E-state index contributed by atoms with van der Waals surface area (Å²) in [7, 11) is 0. The highest BCUT2D eigenvalue weighted by Gasteiger charge is 2.29. The van der Waals surface area contributed by atoms with Crippen LogP contribution in [0.3, 0.4) is 0 Å². The molecule has 146 valence electrons. The van der Waals surface area contributed by atoms with Crippen LogP contribution in [-0.2, 0) is 4.74 Å². The fraction of sp³-hybridized carbons (Fsp3) is 0.650. The zero-order valence-corrected chi connectivity index (χ0v) is 16.3. The van der Waals surface area contributed by atoms with Crippen molar-refractivity contribution in [2.45, 2.75) is 57.7 Å². The standard InChI is InChI=1S/C20H30N6O/c1-15(2)19-17(4-3-13-27-19)23-18-5-8-22-20(24-18)25-10-6-16(7-11-25)26-12-9-21-14-26/h5,8-9,12,14-17,19H,3-4,6-7,10-11,13H2,1-2H3,(H,22,23,24). The van der Waals surface area contributed by atoms with E-state index in [2.05, 4.69) is 44.8 Å². The number of ether oxygens (including phenoxy) is 1. The van der Waals surface area contributed by atoms with Crippen LogP contribution in [0.15, 0.2) is 31.0 Å².